The van der Waals surface area contributed by atoms with Crippen LogP contribution in [0.3, 0.4) is 0 Å². The molecule has 2 unspecified atom stereocenters. The Morgan fingerprint density at radius 3 is 2.71 bits per heavy atom. The van der Waals surface area contributed by atoms with Crippen molar-refractivity contribution in [3.8, 4) is 0 Å². The molecule has 0 aromatic heterocycles. The zero-order valence-electron chi connectivity index (χ0n) is 8.13. The average Bonchev–Trinajstić information content (AvgIpc) is 2.87. The maximum absolute atomic E-state index is 14.0. The van der Waals surface area contributed by atoms with Crippen molar-refractivity contribution in [2.24, 2.45) is 5.92 Å². The van der Waals surface area contributed by atoms with Crippen LogP contribution in [0.1, 0.15) is 32.1 Å². The van der Waals surface area contributed by atoms with Crippen LogP contribution in [0.2, 0.25) is 0 Å². The Morgan fingerprint density at radius 2 is 2.21 bits per heavy atom. The van der Waals surface area contributed by atoms with Gasteiger partial charge in [-0.25, -0.2) is 4.39 Å². The highest BCUT2D eigenvalue weighted by molar-refractivity contribution is 5.70. The van der Waals surface area contributed by atoms with Crippen LogP contribution in [0.4, 0.5) is 4.39 Å². The Hall–Kier alpha value is -0.640. The number of carboxylic acid groups (broad SMARTS) is 1. The van der Waals surface area contributed by atoms with Gasteiger partial charge in [-0.1, -0.05) is 0 Å². The third kappa shape index (κ3) is 2.23. The van der Waals surface area contributed by atoms with Gasteiger partial charge in [0.05, 0.1) is 5.92 Å². The first-order valence-corrected chi connectivity index (χ1v) is 5.24. The molecule has 0 radical (unpaired) electrons. The minimum Gasteiger partial charge on any atom is -0.481 e. The minimum absolute atomic E-state index is 0.183. The molecule has 4 heteroatoms. The molecule has 0 heterocycles. The number of carboxylic acids is 1. The van der Waals surface area contributed by atoms with Gasteiger partial charge in [0.25, 0.3) is 0 Å². The lowest BCUT2D eigenvalue weighted by atomic mass is 10.0. The average molecular weight is 201 g/mol. The predicted octanol–water partition coefficient (Wildman–Crippen LogP) is 1.33. The summed E-state index contributed by atoms with van der Waals surface area (Å²) in [6, 6.07) is 0.492. The summed E-state index contributed by atoms with van der Waals surface area (Å²) in [5, 5.41) is 11.9. The molecule has 0 saturated heterocycles. The summed E-state index contributed by atoms with van der Waals surface area (Å²) in [6.07, 6.45) is 3.33. The zero-order chi connectivity index (χ0) is 10.2. The molecular formula is C10H16FNO2. The SMILES string of the molecule is O=C(O)C1CCC(F)(CNC2CC2)C1. The summed E-state index contributed by atoms with van der Waals surface area (Å²) in [5.41, 5.74) is -1.27. The molecule has 0 bridgehead atoms. The van der Waals surface area contributed by atoms with E-state index in [2.05, 4.69) is 5.32 Å². The molecular weight excluding hydrogens is 185 g/mol. The van der Waals surface area contributed by atoms with Crippen molar-refractivity contribution in [3.05, 3.63) is 0 Å². The van der Waals surface area contributed by atoms with Gasteiger partial charge in [-0.2, -0.15) is 0 Å². The minimum atomic E-state index is -1.27. The van der Waals surface area contributed by atoms with Crippen molar-refractivity contribution in [1.82, 2.24) is 5.32 Å². The molecule has 2 aliphatic rings. The second-order valence-electron chi connectivity index (χ2n) is 4.58. The van der Waals surface area contributed by atoms with E-state index >= 15 is 0 Å². The van der Waals surface area contributed by atoms with Gasteiger partial charge in [0.15, 0.2) is 0 Å². The molecule has 2 saturated carbocycles. The van der Waals surface area contributed by atoms with Crippen molar-refractivity contribution in [1.29, 1.82) is 0 Å². The molecule has 2 fully saturated rings. The summed E-state index contributed by atoms with van der Waals surface area (Å²) in [5.74, 6) is -1.32. The lowest BCUT2D eigenvalue weighted by Gasteiger charge is -2.19. The van der Waals surface area contributed by atoms with Crippen LogP contribution < -0.4 is 5.32 Å². The maximum Gasteiger partial charge on any atom is 0.306 e. The number of nitrogens with one attached hydrogen (secondary N) is 1. The van der Waals surface area contributed by atoms with Crippen molar-refractivity contribution in [2.45, 2.75) is 43.8 Å². The third-order valence-corrected chi connectivity index (χ3v) is 3.19. The Morgan fingerprint density at radius 1 is 1.50 bits per heavy atom. The zero-order valence-corrected chi connectivity index (χ0v) is 8.13. The smallest absolute Gasteiger partial charge is 0.306 e. The highest BCUT2D eigenvalue weighted by atomic mass is 19.1. The van der Waals surface area contributed by atoms with Crippen LogP contribution in [0, 0.1) is 5.92 Å². The largest absolute Gasteiger partial charge is 0.481 e. The Bertz CT molecular complexity index is 242. The van der Waals surface area contributed by atoms with E-state index in [0.717, 1.165) is 12.8 Å². The first-order chi connectivity index (χ1) is 6.59. The molecule has 2 aliphatic carbocycles. The Kier molecular flexibility index (Phi) is 2.47. The van der Waals surface area contributed by atoms with Crippen molar-refractivity contribution in [2.75, 3.05) is 6.54 Å². The van der Waals surface area contributed by atoms with Gasteiger partial charge in [0.2, 0.25) is 0 Å². The predicted molar refractivity (Wildman–Crippen MR) is 49.8 cm³/mol. The molecule has 2 N–H and O–H groups in total. The Balaban J connectivity index is 1.81. The first kappa shape index (κ1) is 9.90. The van der Waals surface area contributed by atoms with Gasteiger partial charge < -0.3 is 10.4 Å². The van der Waals surface area contributed by atoms with Crippen molar-refractivity contribution < 1.29 is 14.3 Å². The number of alkyl halides is 1. The van der Waals surface area contributed by atoms with Crippen LogP contribution in [-0.4, -0.2) is 29.3 Å². The normalized spacial score (nSPS) is 37.4. The van der Waals surface area contributed by atoms with Crippen LogP contribution in [-0.2, 0) is 4.79 Å². The molecule has 0 amide bonds. The fraction of sp³-hybridized carbons (Fsp3) is 0.900. The number of aliphatic carboxylic acids is 1. The van der Waals surface area contributed by atoms with Crippen LogP contribution in [0.5, 0.6) is 0 Å². The molecule has 0 aromatic carbocycles. The summed E-state index contributed by atoms with van der Waals surface area (Å²) in [4.78, 5) is 10.7. The number of rotatable bonds is 4. The van der Waals surface area contributed by atoms with E-state index in [9.17, 15) is 9.18 Å². The van der Waals surface area contributed by atoms with Gasteiger partial charge in [-0.05, 0) is 32.1 Å². The number of halogens is 1. The topological polar surface area (TPSA) is 49.3 Å². The standard InChI is InChI=1S/C10H16FNO2/c11-10(6-12-8-1-2-8)4-3-7(5-10)9(13)14/h7-8,12H,1-6H2,(H,13,14). The molecule has 2 atom stereocenters. The van der Waals surface area contributed by atoms with E-state index in [0.29, 0.717) is 25.4 Å². The van der Waals surface area contributed by atoms with E-state index in [4.69, 9.17) is 5.11 Å². The van der Waals surface area contributed by atoms with Crippen LogP contribution >= 0.6 is 0 Å². The van der Waals surface area contributed by atoms with Crippen molar-refractivity contribution in [3.63, 3.8) is 0 Å². The van der Waals surface area contributed by atoms with E-state index in [1.54, 1.807) is 0 Å². The number of hydrogen-bond acceptors (Lipinski definition) is 2. The first-order valence-electron chi connectivity index (χ1n) is 5.24. The Labute approximate surface area is 82.7 Å². The fourth-order valence-corrected chi connectivity index (χ4v) is 2.06. The van der Waals surface area contributed by atoms with E-state index in [1.165, 1.54) is 0 Å². The van der Waals surface area contributed by atoms with Gasteiger partial charge >= 0.3 is 5.97 Å². The van der Waals surface area contributed by atoms with Gasteiger partial charge in [-0.3, -0.25) is 4.79 Å². The van der Waals surface area contributed by atoms with Crippen molar-refractivity contribution >= 4 is 5.97 Å². The van der Waals surface area contributed by atoms with E-state index in [1.807, 2.05) is 0 Å². The highest BCUT2D eigenvalue weighted by Crippen LogP contribution is 2.38. The molecule has 0 aromatic rings. The number of carbonyl (C=O) groups is 1. The molecule has 0 aliphatic heterocycles. The van der Waals surface area contributed by atoms with Gasteiger partial charge in [0, 0.05) is 12.6 Å². The van der Waals surface area contributed by atoms with Crippen LogP contribution in [0.15, 0.2) is 0 Å². The molecule has 80 valence electrons. The second kappa shape index (κ2) is 3.50. The fourth-order valence-electron chi connectivity index (χ4n) is 2.06. The summed E-state index contributed by atoms with van der Waals surface area (Å²) < 4.78 is 14.0. The quantitative estimate of drug-likeness (QED) is 0.721. The second-order valence-corrected chi connectivity index (χ2v) is 4.58. The lowest BCUT2D eigenvalue weighted by molar-refractivity contribution is -0.141. The number of hydrogen-bond donors (Lipinski definition) is 2. The molecule has 0 spiro atoms. The molecule has 3 nitrogen and oxygen atoms in total. The van der Waals surface area contributed by atoms with E-state index < -0.39 is 17.6 Å². The maximum atomic E-state index is 14.0. The van der Waals surface area contributed by atoms with Gasteiger partial charge in [-0.15, -0.1) is 0 Å². The highest BCUT2D eigenvalue weighted by Gasteiger charge is 2.42. The van der Waals surface area contributed by atoms with Gasteiger partial charge in [0.1, 0.15) is 5.67 Å². The lowest BCUT2D eigenvalue weighted by Crippen LogP contribution is -2.36. The monoisotopic (exact) mass is 201 g/mol. The van der Waals surface area contributed by atoms with Crippen LogP contribution in [0.25, 0.3) is 0 Å². The summed E-state index contributed by atoms with van der Waals surface area (Å²) in [6.45, 7) is 0.335. The summed E-state index contributed by atoms with van der Waals surface area (Å²) >= 11 is 0. The van der Waals surface area contributed by atoms with E-state index in [-0.39, 0.29) is 6.42 Å². The summed E-state index contributed by atoms with van der Waals surface area (Å²) in [7, 11) is 0. The third-order valence-electron chi connectivity index (χ3n) is 3.19. The molecule has 14 heavy (non-hydrogen) atoms. The molecule has 2 rings (SSSR count).